The molecule has 1 aliphatic heterocycles. The molecule has 0 atom stereocenters. The van der Waals surface area contributed by atoms with Crippen LogP contribution in [0.1, 0.15) is 37.6 Å². The molecule has 3 rings (SSSR count). The molecule has 5 nitrogen and oxygen atoms in total. The number of thiophene rings is 1. The standard InChI is InChI=1S/C21H22N2O3S2/c1-21(2,3)15-8-4-5-9-16(15)22-18(24)10-11-23-19(25)17(28-20(23)26)13-14-7-6-12-27-14/h4-9,12-13H,10-11H2,1-3H3,(H,22,24). The molecule has 1 saturated heterocycles. The molecule has 7 heteroatoms. The molecule has 1 aliphatic rings. The largest absolute Gasteiger partial charge is 0.326 e. The third-order valence-corrected chi connectivity index (χ3v) is 5.99. The van der Waals surface area contributed by atoms with Gasteiger partial charge in [-0.1, -0.05) is 45.0 Å². The van der Waals surface area contributed by atoms with Gasteiger partial charge in [-0.2, -0.15) is 0 Å². The van der Waals surface area contributed by atoms with Crippen LogP contribution in [0, 0.1) is 0 Å². The van der Waals surface area contributed by atoms with E-state index in [4.69, 9.17) is 0 Å². The van der Waals surface area contributed by atoms with Gasteiger partial charge >= 0.3 is 0 Å². The summed E-state index contributed by atoms with van der Waals surface area (Å²) in [6.07, 6.45) is 1.78. The highest BCUT2D eigenvalue weighted by atomic mass is 32.2. The lowest BCUT2D eigenvalue weighted by molar-refractivity contribution is -0.123. The molecule has 0 bridgehead atoms. The van der Waals surface area contributed by atoms with Gasteiger partial charge in [0.05, 0.1) is 4.91 Å². The van der Waals surface area contributed by atoms with E-state index in [-0.39, 0.29) is 35.4 Å². The lowest BCUT2D eigenvalue weighted by atomic mass is 9.86. The zero-order valence-electron chi connectivity index (χ0n) is 16.0. The topological polar surface area (TPSA) is 66.5 Å². The molecule has 3 amide bonds. The summed E-state index contributed by atoms with van der Waals surface area (Å²) in [5.74, 6) is -0.565. The van der Waals surface area contributed by atoms with Crippen LogP contribution in [0.25, 0.3) is 6.08 Å². The normalized spacial score (nSPS) is 16.1. The molecular formula is C21H22N2O3S2. The minimum atomic E-state index is -0.341. The maximum atomic E-state index is 12.5. The second-order valence-corrected chi connectivity index (χ2v) is 9.41. The van der Waals surface area contributed by atoms with Crippen LogP contribution < -0.4 is 5.32 Å². The van der Waals surface area contributed by atoms with Crippen LogP contribution in [0.4, 0.5) is 10.5 Å². The number of hydrogen-bond acceptors (Lipinski definition) is 5. The number of para-hydroxylation sites is 1. The summed E-state index contributed by atoms with van der Waals surface area (Å²) in [6.45, 7) is 6.31. The molecule has 0 spiro atoms. The summed E-state index contributed by atoms with van der Waals surface area (Å²) in [5, 5.41) is 4.49. The maximum absolute atomic E-state index is 12.5. The number of anilines is 1. The smallest absolute Gasteiger partial charge is 0.293 e. The van der Waals surface area contributed by atoms with E-state index in [1.54, 1.807) is 6.08 Å². The third kappa shape index (κ3) is 4.72. The average Bonchev–Trinajstić information content (AvgIpc) is 3.22. The molecule has 2 heterocycles. The number of nitrogens with zero attached hydrogens (tertiary/aromatic N) is 1. The van der Waals surface area contributed by atoms with Gasteiger partial charge in [-0.05, 0) is 46.3 Å². The Balaban J connectivity index is 1.62. The van der Waals surface area contributed by atoms with Gasteiger partial charge in [0.25, 0.3) is 11.1 Å². The number of amides is 3. The fraction of sp³-hybridized carbons (Fsp3) is 0.286. The first-order valence-corrected chi connectivity index (χ1v) is 10.6. The first-order chi connectivity index (χ1) is 13.3. The molecule has 0 saturated carbocycles. The Morgan fingerprint density at radius 2 is 1.89 bits per heavy atom. The van der Waals surface area contributed by atoms with Gasteiger partial charge in [0.1, 0.15) is 0 Å². The van der Waals surface area contributed by atoms with Crippen molar-refractivity contribution in [2.75, 3.05) is 11.9 Å². The number of carbonyl (C=O) groups excluding carboxylic acids is 3. The lowest BCUT2D eigenvalue weighted by Gasteiger charge is -2.23. The summed E-state index contributed by atoms with van der Waals surface area (Å²) in [7, 11) is 0. The van der Waals surface area contributed by atoms with Gasteiger partial charge in [0.2, 0.25) is 5.91 Å². The van der Waals surface area contributed by atoms with Crippen LogP contribution in [-0.2, 0) is 15.0 Å². The van der Waals surface area contributed by atoms with Crippen molar-refractivity contribution >= 4 is 51.9 Å². The highest BCUT2D eigenvalue weighted by molar-refractivity contribution is 8.18. The molecule has 146 valence electrons. The van der Waals surface area contributed by atoms with Gasteiger partial charge in [-0.3, -0.25) is 19.3 Å². The molecule has 1 aromatic carbocycles. The Morgan fingerprint density at radius 1 is 1.14 bits per heavy atom. The van der Waals surface area contributed by atoms with Gasteiger partial charge in [0, 0.05) is 23.5 Å². The molecule has 2 aromatic rings. The zero-order valence-corrected chi connectivity index (χ0v) is 17.7. The van der Waals surface area contributed by atoms with Crippen molar-refractivity contribution in [2.24, 2.45) is 0 Å². The molecule has 1 aromatic heterocycles. The fourth-order valence-electron chi connectivity index (χ4n) is 2.87. The Morgan fingerprint density at radius 3 is 2.57 bits per heavy atom. The van der Waals surface area contributed by atoms with E-state index in [0.29, 0.717) is 4.91 Å². The van der Waals surface area contributed by atoms with Gasteiger partial charge in [0.15, 0.2) is 0 Å². The van der Waals surface area contributed by atoms with Crippen molar-refractivity contribution in [3.63, 3.8) is 0 Å². The van der Waals surface area contributed by atoms with Crippen molar-refractivity contribution in [2.45, 2.75) is 32.6 Å². The number of carbonyl (C=O) groups is 3. The van der Waals surface area contributed by atoms with Gasteiger partial charge in [-0.15, -0.1) is 11.3 Å². The monoisotopic (exact) mass is 414 g/mol. The predicted molar refractivity (Wildman–Crippen MR) is 115 cm³/mol. The van der Waals surface area contributed by atoms with Gasteiger partial charge in [-0.25, -0.2) is 0 Å². The number of imide groups is 1. The molecule has 1 N–H and O–H groups in total. The number of nitrogens with one attached hydrogen (secondary N) is 1. The van der Waals surface area contributed by atoms with Crippen molar-refractivity contribution < 1.29 is 14.4 Å². The molecule has 1 fully saturated rings. The van der Waals surface area contributed by atoms with Crippen molar-refractivity contribution in [1.29, 1.82) is 0 Å². The summed E-state index contributed by atoms with van der Waals surface area (Å²) in [6, 6.07) is 11.4. The SMILES string of the molecule is CC(C)(C)c1ccccc1NC(=O)CCN1C(=O)SC(=Cc2cccs2)C1=O. The highest BCUT2D eigenvalue weighted by Gasteiger charge is 2.35. The first kappa shape index (κ1) is 20.4. The number of hydrogen-bond donors (Lipinski definition) is 1. The fourth-order valence-corrected chi connectivity index (χ4v) is 4.46. The van der Waals surface area contributed by atoms with E-state index in [1.807, 2.05) is 41.8 Å². The molecule has 0 aliphatic carbocycles. The quantitative estimate of drug-likeness (QED) is 0.691. The van der Waals surface area contributed by atoms with Crippen LogP contribution in [0.5, 0.6) is 0 Å². The summed E-state index contributed by atoms with van der Waals surface area (Å²) < 4.78 is 0. The number of benzene rings is 1. The minimum absolute atomic E-state index is 0.0583. The summed E-state index contributed by atoms with van der Waals surface area (Å²) in [4.78, 5) is 39.5. The van der Waals surface area contributed by atoms with E-state index in [0.717, 1.165) is 32.8 Å². The second kappa shape index (κ2) is 8.32. The Labute approximate surface area is 172 Å². The molecule has 0 radical (unpaired) electrons. The van der Waals surface area contributed by atoms with E-state index in [9.17, 15) is 14.4 Å². The van der Waals surface area contributed by atoms with E-state index < -0.39 is 0 Å². The van der Waals surface area contributed by atoms with E-state index >= 15 is 0 Å². The van der Waals surface area contributed by atoms with Crippen LogP contribution in [-0.4, -0.2) is 28.5 Å². The summed E-state index contributed by atoms with van der Waals surface area (Å²) in [5.41, 5.74) is 1.68. The van der Waals surface area contributed by atoms with Crippen LogP contribution in [0.3, 0.4) is 0 Å². The zero-order chi connectivity index (χ0) is 20.3. The number of rotatable bonds is 5. The number of thioether (sulfide) groups is 1. The Hall–Kier alpha value is -2.38. The second-order valence-electron chi connectivity index (χ2n) is 7.44. The average molecular weight is 415 g/mol. The van der Waals surface area contributed by atoms with Crippen LogP contribution >= 0.6 is 23.1 Å². The Kier molecular flexibility index (Phi) is 6.05. The lowest BCUT2D eigenvalue weighted by Crippen LogP contribution is -2.31. The van der Waals surface area contributed by atoms with Crippen LogP contribution in [0.15, 0.2) is 46.7 Å². The first-order valence-electron chi connectivity index (χ1n) is 8.94. The van der Waals surface area contributed by atoms with Crippen LogP contribution in [0.2, 0.25) is 0 Å². The van der Waals surface area contributed by atoms with Crippen molar-refractivity contribution in [3.8, 4) is 0 Å². The van der Waals surface area contributed by atoms with E-state index in [2.05, 4.69) is 26.1 Å². The Bertz CT molecular complexity index is 927. The van der Waals surface area contributed by atoms with Crippen molar-refractivity contribution in [1.82, 2.24) is 4.90 Å². The summed E-state index contributed by atoms with van der Waals surface area (Å²) >= 11 is 2.42. The van der Waals surface area contributed by atoms with Gasteiger partial charge < -0.3 is 5.32 Å². The van der Waals surface area contributed by atoms with Crippen molar-refractivity contribution in [3.05, 3.63) is 57.1 Å². The molecular weight excluding hydrogens is 392 g/mol. The van der Waals surface area contributed by atoms with E-state index in [1.165, 1.54) is 11.3 Å². The molecule has 0 unspecified atom stereocenters. The third-order valence-electron chi connectivity index (χ3n) is 4.26. The molecule has 28 heavy (non-hydrogen) atoms. The maximum Gasteiger partial charge on any atom is 0.293 e. The highest BCUT2D eigenvalue weighted by Crippen LogP contribution is 2.33. The predicted octanol–water partition coefficient (Wildman–Crippen LogP) is 5.11. The minimum Gasteiger partial charge on any atom is -0.326 e.